The summed E-state index contributed by atoms with van der Waals surface area (Å²) in [6, 6.07) is 2.11. The van der Waals surface area contributed by atoms with Gasteiger partial charge in [-0.15, -0.1) is 0 Å². The van der Waals surface area contributed by atoms with Crippen molar-refractivity contribution < 1.29 is 0 Å². The number of fused-ring (bicyclic) bond motifs is 3. The van der Waals surface area contributed by atoms with Crippen LogP contribution in [0.2, 0.25) is 0 Å². The molecule has 9 nitrogen and oxygen atoms in total. The zero-order chi connectivity index (χ0) is 19.2. The first-order chi connectivity index (χ1) is 14.4. The third-order valence-corrected chi connectivity index (χ3v) is 5.25. The van der Waals surface area contributed by atoms with Crippen LogP contribution in [0, 0.1) is 0 Å². The number of H-pyrrole nitrogens is 1. The van der Waals surface area contributed by atoms with E-state index < -0.39 is 0 Å². The maximum absolute atomic E-state index is 4.85. The van der Waals surface area contributed by atoms with E-state index in [4.69, 9.17) is 4.98 Å². The summed E-state index contributed by atoms with van der Waals surface area (Å²) >= 11 is 0. The van der Waals surface area contributed by atoms with Gasteiger partial charge < -0.3 is 4.98 Å². The average molecular weight is 381 g/mol. The van der Waals surface area contributed by atoms with Gasteiger partial charge in [0.1, 0.15) is 35.1 Å². The number of nitrogens with zero attached hydrogens (tertiary/aromatic N) is 8. The molecule has 6 rings (SSSR count). The Morgan fingerprint density at radius 1 is 0.793 bits per heavy atom. The van der Waals surface area contributed by atoms with Gasteiger partial charge in [0.2, 0.25) is 0 Å². The number of aromatic amines is 1. The van der Waals surface area contributed by atoms with Crippen LogP contribution in [0.25, 0.3) is 45.2 Å². The lowest BCUT2D eigenvalue weighted by Gasteiger charge is -2.18. The molecule has 0 atom stereocenters. The Morgan fingerprint density at radius 2 is 1.72 bits per heavy atom. The molecular formula is C20H15N9. The van der Waals surface area contributed by atoms with E-state index in [0.29, 0.717) is 28.3 Å². The molecule has 0 fully saturated rings. The number of aromatic nitrogens is 9. The Labute approximate surface area is 164 Å². The van der Waals surface area contributed by atoms with E-state index in [1.54, 1.807) is 12.4 Å². The SMILES string of the molecule is c1cc2c(c(-c3cnc4ncnc(-c5nc6ncncc6[nH]5)c4n3)n1)CCCC2. The fourth-order valence-corrected chi connectivity index (χ4v) is 3.88. The normalized spacial score (nSPS) is 13.7. The molecule has 29 heavy (non-hydrogen) atoms. The zero-order valence-corrected chi connectivity index (χ0v) is 15.4. The zero-order valence-electron chi connectivity index (χ0n) is 15.4. The van der Waals surface area contributed by atoms with Gasteiger partial charge in [0.05, 0.1) is 18.1 Å². The van der Waals surface area contributed by atoms with Crippen LogP contribution in [0.4, 0.5) is 0 Å². The summed E-state index contributed by atoms with van der Waals surface area (Å²) in [6.07, 6.45) is 12.7. The van der Waals surface area contributed by atoms with Crippen molar-refractivity contribution in [3.05, 3.63) is 48.4 Å². The molecule has 0 saturated carbocycles. The molecule has 1 N–H and O–H groups in total. The predicted octanol–water partition coefficient (Wildman–Crippen LogP) is 2.69. The van der Waals surface area contributed by atoms with Gasteiger partial charge in [-0.2, -0.15) is 0 Å². The molecular weight excluding hydrogens is 366 g/mol. The highest BCUT2D eigenvalue weighted by atomic mass is 15.1. The molecule has 0 spiro atoms. The fraction of sp³-hybridized carbons (Fsp3) is 0.200. The maximum atomic E-state index is 4.85. The molecule has 5 aromatic heterocycles. The Bertz CT molecular complexity index is 1340. The third kappa shape index (κ3) is 2.62. The van der Waals surface area contributed by atoms with Gasteiger partial charge in [0, 0.05) is 6.20 Å². The molecule has 0 bridgehead atoms. The topological polar surface area (TPSA) is 119 Å². The van der Waals surface area contributed by atoms with E-state index in [0.717, 1.165) is 29.7 Å². The van der Waals surface area contributed by atoms with Crippen molar-refractivity contribution in [1.29, 1.82) is 0 Å². The lowest BCUT2D eigenvalue weighted by molar-refractivity contribution is 0.683. The van der Waals surface area contributed by atoms with Crippen LogP contribution >= 0.6 is 0 Å². The van der Waals surface area contributed by atoms with Crippen molar-refractivity contribution in [3.8, 4) is 22.9 Å². The highest BCUT2D eigenvalue weighted by molar-refractivity contribution is 5.87. The molecule has 0 radical (unpaired) electrons. The summed E-state index contributed by atoms with van der Waals surface area (Å²) < 4.78 is 0. The van der Waals surface area contributed by atoms with Crippen LogP contribution in [0.15, 0.2) is 37.3 Å². The smallest absolute Gasteiger partial charge is 0.182 e. The van der Waals surface area contributed by atoms with Gasteiger partial charge in [-0.1, -0.05) is 0 Å². The Hall–Kier alpha value is -3.88. The fourth-order valence-electron chi connectivity index (χ4n) is 3.88. The van der Waals surface area contributed by atoms with E-state index in [9.17, 15) is 0 Å². The van der Waals surface area contributed by atoms with Crippen LogP contribution in [0.1, 0.15) is 24.0 Å². The molecule has 140 valence electrons. The summed E-state index contributed by atoms with van der Waals surface area (Å²) in [5.74, 6) is 0.558. The van der Waals surface area contributed by atoms with Crippen LogP contribution in [0.5, 0.6) is 0 Å². The van der Waals surface area contributed by atoms with Gasteiger partial charge in [0.25, 0.3) is 0 Å². The molecule has 0 unspecified atom stereocenters. The van der Waals surface area contributed by atoms with E-state index in [-0.39, 0.29) is 0 Å². The van der Waals surface area contributed by atoms with E-state index in [1.807, 2.05) is 6.20 Å². The molecule has 5 aromatic rings. The first-order valence-corrected chi connectivity index (χ1v) is 9.48. The van der Waals surface area contributed by atoms with Crippen LogP contribution in [-0.2, 0) is 12.8 Å². The number of imidazole rings is 1. The minimum absolute atomic E-state index is 0.509. The first-order valence-electron chi connectivity index (χ1n) is 9.48. The third-order valence-electron chi connectivity index (χ3n) is 5.25. The van der Waals surface area contributed by atoms with Crippen LogP contribution in [-0.4, -0.2) is 44.9 Å². The van der Waals surface area contributed by atoms with Crippen LogP contribution < -0.4 is 0 Å². The van der Waals surface area contributed by atoms with Gasteiger partial charge >= 0.3 is 0 Å². The molecule has 9 heteroatoms. The van der Waals surface area contributed by atoms with Crippen molar-refractivity contribution in [1.82, 2.24) is 44.9 Å². The Balaban J connectivity index is 1.56. The predicted molar refractivity (Wildman–Crippen MR) is 106 cm³/mol. The van der Waals surface area contributed by atoms with Crippen molar-refractivity contribution in [2.24, 2.45) is 0 Å². The average Bonchev–Trinajstić information content (AvgIpc) is 3.22. The Morgan fingerprint density at radius 3 is 2.69 bits per heavy atom. The molecule has 0 amide bonds. The van der Waals surface area contributed by atoms with E-state index in [2.05, 4.69) is 45.9 Å². The lowest BCUT2D eigenvalue weighted by atomic mass is 9.90. The van der Waals surface area contributed by atoms with Crippen LogP contribution in [0.3, 0.4) is 0 Å². The number of pyridine rings is 1. The highest BCUT2D eigenvalue weighted by Gasteiger charge is 2.19. The molecule has 1 aliphatic rings. The number of hydrogen-bond donors (Lipinski definition) is 1. The standard InChI is InChI=1S/C20H15N9/c1-2-4-12-11(3-1)5-6-22-15(12)13-8-23-19-17(27-13)16(24-10-26-19)20-28-14-7-21-9-25-18(14)29-20/h5-10H,1-4H2,(H,21,25,28,29). The molecule has 1 aliphatic carbocycles. The minimum atomic E-state index is 0.509. The van der Waals surface area contributed by atoms with Gasteiger partial charge in [-0.25, -0.2) is 34.9 Å². The lowest BCUT2D eigenvalue weighted by Crippen LogP contribution is -2.07. The number of rotatable bonds is 2. The number of nitrogens with one attached hydrogen (secondary N) is 1. The second-order valence-electron chi connectivity index (χ2n) is 7.00. The quantitative estimate of drug-likeness (QED) is 0.496. The monoisotopic (exact) mass is 381 g/mol. The van der Waals surface area contributed by atoms with Crippen molar-refractivity contribution in [2.75, 3.05) is 0 Å². The highest BCUT2D eigenvalue weighted by Crippen LogP contribution is 2.30. The molecule has 0 aromatic carbocycles. The second kappa shape index (κ2) is 6.33. The van der Waals surface area contributed by atoms with Crippen molar-refractivity contribution in [3.63, 3.8) is 0 Å². The summed E-state index contributed by atoms with van der Waals surface area (Å²) in [5, 5.41) is 0. The Kier molecular flexibility index (Phi) is 3.52. The summed E-state index contributed by atoms with van der Waals surface area (Å²) in [6.45, 7) is 0. The van der Waals surface area contributed by atoms with E-state index >= 15 is 0 Å². The maximum Gasteiger partial charge on any atom is 0.182 e. The largest absolute Gasteiger partial charge is 0.334 e. The molecule has 0 saturated heterocycles. The number of hydrogen-bond acceptors (Lipinski definition) is 8. The van der Waals surface area contributed by atoms with Crippen molar-refractivity contribution >= 4 is 22.3 Å². The molecule has 5 heterocycles. The molecule has 0 aliphatic heterocycles. The number of aryl methyl sites for hydroxylation is 1. The van der Waals surface area contributed by atoms with Gasteiger partial charge in [-0.3, -0.25) is 4.98 Å². The minimum Gasteiger partial charge on any atom is -0.334 e. The van der Waals surface area contributed by atoms with Gasteiger partial charge in [0.15, 0.2) is 17.1 Å². The summed E-state index contributed by atoms with van der Waals surface area (Å²) in [5.41, 5.74) is 7.20. The van der Waals surface area contributed by atoms with E-state index in [1.165, 1.54) is 36.6 Å². The first kappa shape index (κ1) is 16.1. The summed E-state index contributed by atoms with van der Waals surface area (Å²) in [7, 11) is 0. The van der Waals surface area contributed by atoms with Gasteiger partial charge in [-0.05, 0) is 42.9 Å². The summed E-state index contributed by atoms with van der Waals surface area (Å²) in [4.78, 5) is 38.6. The second-order valence-corrected chi connectivity index (χ2v) is 7.00. The van der Waals surface area contributed by atoms with Crippen molar-refractivity contribution in [2.45, 2.75) is 25.7 Å².